The summed E-state index contributed by atoms with van der Waals surface area (Å²) in [5.41, 5.74) is 0.843. The van der Waals surface area contributed by atoms with Gasteiger partial charge in [-0.15, -0.1) is 0 Å². The largest absolute Gasteiger partial charge is 0.395 e. The van der Waals surface area contributed by atoms with E-state index in [2.05, 4.69) is 4.98 Å². The van der Waals surface area contributed by atoms with Crippen LogP contribution in [-0.2, 0) is 22.6 Å². The van der Waals surface area contributed by atoms with Crippen molar-refractivity contribution < 1.29 is 14.6 Å². The number of rotatable bonds is 7. The van der Waals surface area contributed by atoms with Crippen LogP contribution in [-0.4, -0.2) is 34.2 Å². The standard InChI is InChI=1S/C10H18N2O3/c1-3-14-9(2)15-7-10-6-12(4-5-13)8-11-10/h6,8-9,13H,3-5,7H2,1-2H3. The third-order valence-electron chi connectivity index (χ3n) is 1.91. The first kappa shape index (κ1) is 12.2. The second-order valence-corrected chi connectivity index (χ2v) is 3.16. The predicted octanol–water partition coefficient (Wildman–Crippen LogP) is 0.774. The first-order valence-corrected chi connectivity index (χ1v) is 5.11. The molecule has 0 saturated heterocycles. The van der Waals surface area contributed by atoms with Crippen molar-refractivity contribution in [3.05, 3.63) is 18.2 Å². The summed E-state index contributed by atoms with van der Waals surface area (Å²) in [6.07, 6.45) is 3.33. The van der Waals surface area contributed by atoms with E-state index in [9.17, 15) is 0 Å². The zero-order valence-electron chi connectivity index (χ0n) is 9.22. The smallest absolute Gasteiger partial charge is 0.155 e. The number of hydrogen-bond acceptors (Lipinski definition) is 4. The van der Waals surface area contributed by atoms with Gasteiger partial charge < -0.3 is 19.1 Å². The second-order valence-electron chi connectivity index (χ2n) is 3.16. The van der Waals surface area contributed by atoms with E-state index in [0.29, 0.717) is 19.8 Å². The Kier molecular flexibility index (Phi) is 5.31. The summed E-state index contributed by atoms with van der Waals surface area (Å²) in [6, 6.07) is 0. The summed E-state index contributed by atoms with van der Waals surface area (Å²) in [5.74, 6) is 0. The van der Waals surface area contributed by atoms with E-state index in [1.807, 2.05) is 24.6 Å². The summed E-state index contributed by atoms with van der Waals surface area (Å²) >= 11 is 0. The van der Waals surface area contributed by atoms with Gasteiger partial charge in [0, 0.05) is 19.3 Å². The molecule has 5 heteroatoms. The van der Waals surface area contributed by atoms with Gasteiger partial charge in [-0.25, -0.2) is 4.98 Å². The van der Waals surface area contributed by atoms with E-state index >= 15 is 0 Å². The third kappa shape index (κ3) is 4.42. The number of aliphatic hydroxyl groups excluding tert-OH is 1. The maximum atomic E-state index is 8.72. The van der Waals surface area contributed by atoms with Crippen LogP contribution in [0.3, 0.4) is 0 Å². The first-order chi connectivity index (χ1) is 7.26. The third-order valence-corrected chi connectivity index (χ3v) is 1.91. The lowest BCUT2D eigenvalue weighted by atomic mass is 10.5. The van der Waals surface area contributed by atoms with Gasteiger partial charge in [-0.05, 0) is 13.8 Å². The van der Waals surface area contributed by atoms with Crippen LogP contribution in [0.5, 0.6) is 0 Å². The lowest BCUT2D eigenvalue weighted by Gasteiger charge is -2.11. The molecule has 86 valence electrons. The normalized spacial score (nSPS) is 13.0. The minimum atomic E-state index is -0.210. The van der Waals surface area contributed by atoms with Crippen molar-refractivity contribution in [1.29, 1.82) is 0 Å². The van der Waals surface area contributed by atoms with Crippen LogP contribution in [0.2, 0.25) is 0 Å². The minimum Gasteiger partial charge on any atom is -0.395 e. The molecule has 0 aliphatic heterocycles. The molecule has 1 rings (SSSR count). The summed E-state index contributed by atoms with van der Waals surface area (Å²) in [6.45, 7) is 5.53. The van der Waals surface area contributed by atoms with Gasteiger partial charge >= 0.3 is 0 Å². The molecular formula is C10H18N2O3. The molecule has 0 aliphatic rings. The van der Waals surface area contributed by atoms with Gasteiger partial charge in [0.2, 0.25) is 0 Å². The van der Waals surface area contributed by atoms with Crippen LogP contribution in [0.1, 0.15) is 19.5 Å². The summed E-state index contributed by atoms with van der Waals surface area (Å²) in [5, 5.41) is 8.72. The topological polar surface area (TPSA) is 56.5 Å². The molecule has 1 heterocycles. The summed E-state index contributed by atoms with van der Waals surface area (Å²) < 4.78 is 12.4. The molecule has 1 unspecified atom stereocenters. The Bertz CT molecular complexity index is 275. The van der Waals surface area contributed by atoms with Crippen LogP contribution in [0.4, 0.5) is 0 Å². The molecule has 1 aromatic rings. The van der Waals surface area contributed by atoms with Crippen LogP contribution in [0, 0.1) is 0 Å². The van der Waals surface area contributed by atoms with Crippen LogP contribution in [0.15, 0.2) is 12.5 Å². The number of nitrogens with zero attached hydrogens (tertiary/aromatic N) is 2. The van der Waals surface area contributed by atoms with Gasteiger partial charge in [0.1, 0.15) is 0 Å². The van der Waals surface area contributed by atoms with Gasteiger partial charge in [0.25, 0.3) is 0 Å². The van der Waals surface area contributed by atoms with Crippen molar-refractivity contribution in [1.82, 2.24) is 9.55 Å². The fraction of sp³-hybridized carbons (Fsp3) is 0.700. The molecule has 15 heavy (non-hydrogen) atoms. The van der Waals surface area contributed by atoms with E-state index in [4.69, 9.17) is 14.6 Å². The van der Waals surface area contributed by atoms with E-state index < -0.39 is 0 Å². The number of hydrogen-bond donors (Lipinski definition) is 1. The molecule has 0 bridgehead atoms. The Balaban J connectivity index is 2.30. The molecule has 1 atom stereocenters. The summed E-state index contributed by atoms with van der Waals surface area (Å²) in [4.78, 5) is 4.14. The highest BCUT2D eigenvalue weighted by Gasteiger charge is 2.03. The molecule has 0 spiro atoms. The molecular weight excluding hydrogens is 196 g/mol. The van der Waals surface area contributed by atoms with Gasteiger partial charge in [-0.3, -0.25) is 0 Å². The molecule has 0 fully saturated rings. The molecule has 0 radical (unpaired) electrons. The Labute approximate surface area is 89.6 Å². The van der Waals surface area contributed by atoms with Crippen molar-refractivity contribution in [2.24, 2.45) is 0 Å². The quantitative estimate of drug-likeness (QED) is 0.681. The maximum absolute atomic E-state index is 8.72. The second kappa shape index (κ2) is 6.55. The van der Waals surface area contributed by atoms with E-state index in [0.717, 1.165) is 5.69 Å². The molecule has 0 saturated carbocycles. The van der Waals surface area contributed by atoms with E-state index in [-0.39, 0.29) is 12.9 Å². The summed E-state index contributed by atoms with van der Waals surface area (Å²) in [7, 11) is 0. The monoisotopic (exact) mass is 214 g/mol. The van der Waals surface area contributed by atoms with Crippen LogP contribution in [0.25, 0.3) is 0 Å². The van der Waals surface area contributed by atoms with Crippen molar-refractivity contribution in [3.63, 3.8) is 0 Å². The van der Waals surface area contributed by atoms with Gasteiger partial charge in [-0.2, -0.15) is 0 Å². The molecule has 0 aliphatic carbocycles. The van der Waals surface area contributed by atoms with Crippen LogP contribution >= 0.6 is 0 Å². The Hall–Kier alpha value is -0.910. The lowest BCUT2D eigenvalue weighted by Crippen LogP contribution is -2.12. The van der Waals surface area contributed by atoms with Crippen molar-refractivity contribution in [2.45, 2.75) is 33.3 Å². The average molecular weight is 214 g/mol. The van der Waals surface area contributed by atoms with Gasteiger partial charge in [0.15, 0.2) is 6.29 Å². The maximum Gasteiger partial charge on any atom is 0.155 e. The van der Waals surface area contributed by atoms with E-state index in [1.165, 1.54) is 0 Å². The van der Waals surface area contributed by atoms with Crippen LogP contribution < -0.4 is 0 Å². The van der Waals surface area contributed by atoms with Crippen molar-refractivity contribution in [2.75, 3.05) is 13.2 Å². The van der Waals surface area contributed by atoms with Crippen molar-refractivity contribution in [3.8, 4) is 0 Å². The molecule has 1 N–H and O–H groups in total. The van der Waals surface area contributed by atoms with Gasteiger partial charge in [-0.1, -0.05) is 0 Å². The number of aromatic nitrogens is 2. The molecule has 0 aromatic carbocycles. The molecule has 5 nitrogen and oxygen atoms in total. The SMILES string of the molecule is CCOC(C)OCc1cn(CCO)cn1. The van der Waals surface area contributed by atoms with Crippen molar-refractivity contribution >= 4 is 0 Å². The number of imidazole rings is 1. The highest BCUT2D eigenvalue weighted by atomic mass is 16.7. The molecule has 1 aromatic heterocycles. The van der Waals surface area contributed by atoms with Gasteiger partial charge in [0.05, 0.1) is 25.2 Å². The lowest BCUT2D eigenvalue weighted by molar-refractivity contribution is -0.135. The first-order valence-electron chi connectivity index (χ1n) is 5.11. The highest BCUT2D eigenvalue weighted by Crippen LogP contribution is 2.02. The Morgan fingerprint density at radius 1 is 1.53 bits per heavy atom. The average Bonchev–Trinajstić information content (AvgIpc) is 2.64. The number of ether oxygens (including phenoxy) is 2. The minimum absolute atomic E-state index is 0.117. The van der Waals surface area contributed by atoms with E-state index in [1.54, 1.807) is 6.33 Å². The molecule has 0 amide bonds. The zero-order valence-corrected chi connectivity index (χ0v) is 9.22. The Morgan fingerprint density at radius 2 is 2.33 bits per heavy atom. The highest BCUT2D eigenvalue weighted by molar-refractivity contribution is 4.94. The zero-order chi connectivity index (χ0) is 11.1. The predicted molar refractivity (Wildman–Crippen MR) is 55.2 cm³/mol. The Morgan fingerprint density at radius 3 is 3.00 bits per heavy atom. The fourth-order valence-electron chi connectivity index (χ4n) is 1.20. The fourth-order valence-corrected chi connectivity index (χ4v) is 1.20. The number of aliphatic hydroxyl groups is 1.